The van der Waals surface area contributed by atoms with Crippen molar-refractivity contribution in [2.75, 3.05) is 0 Å². The van der Waals surface area contributed by atoms with Crippen molar-refractivity contribution in [3.63, 3.8) is 0 Å². The molecule has 0 amide bonds. The quantitative estimate of drug-likeness (QED) is 0.691. The van der Waals surface area contributed by atoms with E-state index in [4.69, 9.17) is 26.6 Å². The number of thiazole rings is 1. The fourth-order valence-corrected chi connectivity index (χ4v) is 4.16. The molecule has 26 heavy (non-hydrogen) atoms. The third-order valence-electron chi connectivity index (χ3n) is 4.58. The molecule has 1 aliphatic rings. The summed E-state index contributed by atoms with van der Waals surface area (Å²) in [5.74, 6) is 1.82. The average Bonchev–Trinajstić information content (AvgIpc) is 3.34. The van der Waals surface area contributed by atoms with E-state index in [1.807, 2.05) is 19.1 Å². The second kappa shape index (κ2) is 6.98. The molecule has 1 aliphatic carbocycles. The monoisotopic (exact) mass is 390 g/mol. The average molecular weight is 391 g/mol. The van der Waals surface area contributed by atoms with Crippen LogP contribution in [0.3, 0.4) is 0 Å². The van der Waals surface area contributed by atoms with Gasteiger partial charge >= 0.3 is 0 Å². The van der Waals surface area contributed by atoms with E-state index in [1.54, 1.807) is 12.1 Å². The summed E-state index contributed by atoms with van der Waals surface area (Å²) in [5.41, 5.74) is 6.80. The van der Waals surface area contributed by atoms with E-state index in [0.717, 1.165) is 47.0 Å². The number of nitrogens with zero attached hydrogens (tertiary/aromatic N) is 3. The summed E-state index contributed by atoms with van der Waals surface area (Å²) >= 11 is 7.37. The molecule has 4 rings (SSSR count). The maximum atomic E-state index is 6.41. The Balaban J connectivity index is 1.50. The highest BCUT2D eigenvalue weighted by Gasteiger charge is 2.36. The Morgan fingerprint density at radius 2 is 1.96 bits per heavy atom. The van der Waals surface area contributed by atoms with Crippen LogP contribution >= 0.6 is 22.9 Å². The second-order valence-electron chi connectivity index (χ2n) is 6.55. The maximum Gasteiger partial charge on any atom is 0.269 e. The molecule has 2 N–H and O–H groups in total. The number of rotatable bonds is 5. The first kappa shape index (κ1) is 17.5. The van der Waals surface area contributed by atoms with Crippen molar-refractivity contribution in [3.05, 3.63) is 45.8 Å². The fraction of sp³-hybridized carbons (Fsp3) is 0.389. The Bertz CT molecular complexity index is 900. The van der Waals surface area contributed by atoms with Crippen molar-refractivity contribution < 1.29 is 9.26 Å². The Labute approximate surface area is 160 Å². The third kappa shape index (κ3) is 3.47. The minimum absolute atomic E-state index is 0.370. The van der Waals surface area contributed by atoms with Gasteiger partial charge < -0.3 is 15.0 Å². The molecule has 1 fully saturated rings. The normalized spacial score (nSPS) is 16.1. The molecule has 136 valence electrons. The summed E-state index contributed by atoms with van der Waals surface area (Å²) in [6.45, 7) is 2.30. The van der Waals surface area contributed by atoms with E-state index in [1.165, 1.54) is 11.3 Å². The molecule has 2 aromatic heterocycles. The lowest BCUT2D eigenvalue weighted by Crippen LogP contribution is -2.34. The standard InChI is InChI=1S/C18H19ClN4O2S/c1-11-15(16-22-17(23-25-16)18(20)8-2-3-9-18)26-14(21-11)10-24-13-6-4-12(19)5-7-13/h4-7H,2-3,8-10,20H2,1H3. The minimum atomic E-state index is -0.457. The molecule has 6 nitrogen and oxygen atoms in total. The zero-order valence-corrected chi connectivity index (χ0v) is 15.9. The molecule has 0 saturated heterocycles. The van der Waals surface area contributed by atoms with E-state index >= 15 is 0 Å². The van der Waals surface area contributed by atoms with Crippen LogP contribution in [0.2, 0.25) is 5.02 Å². The fourth-order valence-electron chi connectivity index (χ4n) is 3.14. The lowest BCUT2D eigenvalue weighted by molar-refractivity contribution is 0.305. The summed E-state index contributed by atoms with van der Waals surface area (Å²) in [4.78, 5) is 9.96. The van der Waals surface area contributed by atoms with Crippen LogP contribution in [0.15, 0.2) is 28.8 Å². The second-order valence-corrected chi connectivity index (χ2v) is 8.07. The molecule has 0 bridgehead atoms. The van der Waals surface area contributed by atoms with Gasteiger partial charge in [0.25, 0.3) is 5.89 Å². The van der Waals surface area contributed by atoms with Gasteiger partial charge in [-0.05, 0) is 44.0 Å². The van der Waals surface area contributed by atoms with Gasteiger partial charge in [-0.3, -0.25) is 0 Å². The first-order valence-corrected chi connectivity index (χ1v) is 9.71. The third-order valence-corrected chi connectivity index (χ3v) is 5.95. The summed E-state index contributed by atoms with van der Waals surface area (Å²) in [6.07, 6.45) is 4.00. The predicted octanol–water partition coefficient (Wildman–Crippen LogP) is 4.46. The zero-order valence-electron chi connectivity index (χ0n) is 14.4. The van der Waals surface area contributed by atoms with Crippen LogP contribution in [-0.4, -0.2) is 15.1 Å². The number of hydrogen-bond donors (Lipinski definition) is 1. The number of ether oxygens (including phenoxy) is 1. The van der Waals surface area contributed by atoms with Gasteiger partial charge in [0.15, 0.2) is 5.82 Å². The first-order chi connectivity index (χ1) is 12.5. The van der Waals surface area contributed by atoms with Crippen LogP contribution in [0.1, 0.15) is 42.2 Å². The number of hydrogen-bond acceptors (Lipinski definition) is 7. The molecular formula is C18H19ClN4O2S. The van der Waals surface area contributed by atoms with Crippen molar-refractivity contribution >= 4 is 22.9 Å². The summed E-state index contributed by atoms with van der Waals surface area (Å²) in [5, 5.41) is 5.64. The Morgan fingerprint density at radius 3 is 2.69 bits per heavy atom. The molecule has 0 unspecified atom stereocenters. The van der Waals surface area contributed by atoms with E-state index < -0.39 is 5.54 Å². The zero-order chi connectivity index (χ0) is 18.1. The van der Waals surface area contributed by atoms with Crippen molar-refractivity contribution in [3.8, 4) is 16.5 Å². The van der Waals surface area contributed by atoms with Crippen LogP contribution in [0.25, 0.3) is 10.8 Å². The highest BCUT2D eigenvalue weighted by molar-refractivity contribution is 7.15. The lowest BCUT2D eigenvalue weighted by Gasteiger charge is -2.17. The van der Waals surface area contributed by atoms with E-state index in [-0.39, 0.29) is 0 Å². The van der Waals surface area contributed by atoms with Crippen LogP contribution in [-0.2, 0) is 12.1 Å². The Morgan fingerprint density at radius 1 is 1.23 bits per heavy atom. The van der Waals surface area contributed by atoms with Gasteiger partial charge in [-0.2, -0.15) is 4.98 Å². The molecule has 1 aromatic carbocycles. The summed E-state index contributed by atoms with van der Waals surface area (Å²) < 4.78 is 11.2. The van der Waals surface area contributed by atoms with Gasteiger partial charge in [0.2, 0.25) is 0 Å². The van der Waals surface area contributed by atoms with Crippen molar-refractivity contribution in [2.45, 2.75) is 44.8 Å². The number of aromatic nitrogens is 3. The number of benzene rings is 1. The van der Waals surface area contributed by atoms with Gasteiger partial charge in [0.05, 0.1) is 11.2 Å². The highest BCUT2D eigenvalue weighted by Crippen LogP contribution is 2.36. The van der Waals surface area contributed by atoms with Gasteiger partial charge in [-0.15, -0.1) is 11.3 Å². The molecule has 1 saturated carbocycles. The highest BCUT2D eigenvalue weighted by atomic mass is 35.5. The largest absolute Gasteiger partial charge is 0.486 e. The minimum Gasteiger partial charge on any atom is -0.486 e. The summed E-state index contributed by atoms with van der Waals surface area (Å²) in [6, 6.07) is 7.24. The van der Waals surface area contributed by atoms with Crippen molar-refractivity contribution in [1.82, 2.24) is 15.1 Å². The van der Waals surface area contributed by atoms with Gasteiger partial charge in [-0.1, -0.05) is 29.6 Å². The first-order valence-electron chi connectivity index (χ1n) is 8.52. The lowest BCUT2D eigenvalue weighted by atomic mass is 9.99. The molecule has 8 heteroatoms. The summed E-state index contributed by atoms with van der Waals surface area (Å²) in [7, 11) is 0. The van der Waals surface area contributed by atoms with Crippen molar-refractivity contribution in [1.29, 1.82) is 0 Å². The molecule has 2 heterocycles. The molecule has 0 spiro atoms. The molecular weight excluding hydrogens is 372 g/mol. The van der Waals surface area contributed by atoms with Crippen LogP contribution in [0.5, 0.6) is 5.75 Å². The maximum absolute atomic E-state index is 6.41. The van der Waals surface area contributed by atoms with E-state index in [2.05, 4.69) is 15.1 Å². The smallest absolute Gasteiger partial charge is 0.269 e. The van der Waals surface area contributed by atoms with Gasteiger partial charge in [-0.25, -0.2) is 4.98 Å². The SMILES string of the molecule is Cc1nc(COc2ccc(Cl)cc2)sc1-c1nc(C2(N)CCCC2)no1. The molecule has 0 aliphatic heterocycles. The van der Waals surface area contributed by atoms with E-state index in [9.17, 15) is 0 Å². The van der Waals surface area contributed by atoms with Crippen molar-refractivity contribution in [2.24, 2.45) is 5.73 Å². The van der Waals surface area contributed by atoms with Crippen LogP contribution < -0.4 is 10.5 Å². The Hall–Kier alpha value is -1.96. The number of nitrogens with two attached hydrogens (primary N) is 1. The molecule has 0 radical (unpaired) electrons. The van der Waals surface area contributed by atoms with Crippen LogP contribution in [0.4, 0.5) is 0 Å². The van der Waals surface area contributed by atoms with Crippen LogP contribution in [0, 0.1) is 6.92 Å². The molecule has 0 atom stereocenters. The Kier molecular flexibility index (Phi) is 4.69. The molecule has 3 aromatic rings. The number of halogens is 1. The van der Waals surface area contributed by atoms with Gasteiger partial charge in [0.1, 0.15) is 22.2 Å². The van der Waals surface area contributed by atoms with Gasteiger partial charge in [0, 0.05) is 5.02 Å². The number of aryl methyl sites for hydroxylation is 1. The van der Waals surface area contributed by atoms with E-state index in [0.29, 0.717) is 23.3 Å². The predicted molar refractivity (Wildman–Crippen MR) is 100 cm³/mol. The topological polar surface area (TPSA) is 87.1 Å².